The van der Waals surface area contributed by atoms with Crippen molar-refractivity contribution in [1.82, 2.24) is 0 Å². The van der Waals surface area contributed by atoms with E-state index in [1.807, 2.05) is 0 Å². The van der Waals surface area contributed by atoms with Crippen LogP contribution < -0.4 is 9.47 Å². The number of hydrogen-bond acceptors (Lipinski definition) is 6. The molecule has 2 aromatic carbocycles. The van der Waals surface area contributed by atoms with E-state index in [0.29, 0.717) is 11.3 Å². The minimum atomic E-state index is -1.00. The molecule has 1 atom stereocenters. The third kappa shape index (κ3) is 3.65. The smallest absolute Gasteiger partial charge is 0.342 e. The second-order valence-electron chi connectivity index (χ2n) is 5.00. The number of rotatable bonds is 6. The highest BCUT2D eigenvalue weighted by Crippen LogP contribution is 2.30. The van der Waals surface area contributed by atoms with E-state index in [9.17, 15) is 14.7 Å². The Morgan fingerprint density at radius 3 is 2.25 bits per heavy atom. The first-order chi connectivity index (χ1) is 11.5. The summed E-state index contributed by atoms with van der Waals surface area (Å²) in [6.45, 7) is 1.47. The van der Waals surface area contributed by atoms with Crippen molar-refractivity contribution in [3.8, 4) is 17.2 Å². The average Bonchev–Trinajstić information content (AvgIpc) is 2.61. The molecule has 1 N–H and O–H groups in total. The van der Waals surface area contributed by atoms with Gasteiger partial charge in [-0.3, -0.25) is 4.79 Å². The summed E-state index contributed by atoms with van der Waals surface area (Å²) < 4.78 is 15.1. The molecular formula is C18H18O6. The van der Waals surface area contributed by atoms with Crippen molar-refractivity contribution in [2.45, 2.75) is 13.0 Å². The van der Waals surface area contributed by atoms with Crippen LogP contribution in [0.25, 0.3) is 0 Å². The van der Waals surface area contributed by atoms with Crippen molar-refractivity contribution in [1.29, 1.82) is 0 Å². The lowest BCUT2D eigenvalue weighted by Gasteiger charge is -2.14. The largest absolute Gasteiger partial charge is 0.504 e. The van der Waals surface area contributed by atoms with Crippen molar-refractivity contribution in [3.05, 3.63) is 53.6 Å². The number of methoxy groups -OCH3 is 2. The van der Waals surface area contributed by atoms with Gasteiger partial charge in [0.2, 0.25) is 5.78 Å². The molecule has 1 unspecified atom stereocenters. The number of ketones is 1. The van der Waals surface area contributed by atoms with Crippen LogP contribution in [0.5, 0.6) is 17.2 Å². The number of Topliss-reactive ketones (excluding diaryl/α,β-unsaturated/α-hetero) is 1. The molecule has 0 aliphatic heterocycles. The topological polar surface area (TPSA) is 82.1 Å². The Kier molecular flexibility index (Phi) is 5.42. The van der Waals surface area contributed by atoms with E-state index >= 15 is 0 Å². The molecule has 126 valence electrons. The van der Waals surface area contributed by atoms with Gasteiger partial charge >= 0.3 is 5.97 Å². The van der Waals surface area contributed by atoms with Crippen LogP contribution in [0.2, 0.25) is 0 Å². The number of phenolic OH excluding ortho intramolecular Hbond substituents is 1. The first-order valence-electron chi connectivity index (χ1n) is 7.23. The normalized spacial score (nSPS) is 11.5. The highest BCUT2D eigenvalue weighted by Gasteiger charge is 2.23. The molecule has 0 fully saturated rings. The number of para-hydroxylation sites is 1. The monoisotopic (exact) mass is 330 g/mol. The van der Waals surface area contributed by atoms with Crippen molar-refractivity contribution in [2.75, 3.05) is 14.2 Å². The van der Waals surface area contributed by atoms with Crippen LogP contribution >= 0.6 is 0 Å². The van der Waals surface area contributed by atoms with Crippen LogP contribution in [0.4, 0.5) is 0 Å². The summed E-state index contributed by atoms with van der Waals surface area (Å²) in [5.74, 6) is -0.709. The maximum atomic E-state index is 12.3. The molecule has 0 heterocycles. The first kappa shape index (κ1) is 17.3. The summed E-state index contributed by atoms with van der Waals surface area (Å²) in [7, 11) is 2.90. The Balaban J connectivity index is 2.12. The Bertz CT molecular complexity index is 736. The zero-order valence-corrected chi connectivity index (χ0v) is 13.6. The lowest BCUT2D eigenvalue weighted by Crippen LogP contribution is -2.24. The molecule has 6 heteroatoms. The van der Waals surface area contributed by atoms with Crippen molar-refractivity contribution < 1.29 is 28.9 Å². The minimum absolute atomic E-state index is 0.0660. The lowest BCUT2D eigenvalue weighted by molar-refractivity contribution is 0.0315. The molecular weight excluding hydrogens is 312 g/mol. The number of phenols is 1. The number of carbonyl (C=O) groups excluding carboxylic acids is 2. The lowest BCUT2D eigenvalue weighted by atomic mass is 10.1. The van der Waals surface area contributed by atoms with Gasteiger partial charge in [0.1, 0.15) is 11.3 Å². The standard InChI is InChI=1S/C18H18O6/c1-11(16(19)12-7-9-13(22-2)10-8-12)24-18(21)14-5-4-6-15(23-3)17(14)20/h4-11,20H,1-3H3. The van der Waals surface area contributed by atoms with Crippen molar-refractivity contribution >= 4 is 11.8 Å². The van der Waals surface area contributed by atoms with Gasteiger partial charge in [-0.25, -0.2) is 4.79 Å². The molecule has 0 aliphatic rings. The van der Waals surface area contributed by atoms with Gasteiger partial charge in [-0.15, -0.1) is 0 Å². The number of hydrogen-bond donors (Lipinski definition) is 1. The second-order valence-corrected chi connectivity index (χ2v) is 5.00. The van der Waals surface area contributed by atoms with E-state index in [1.54, 1.807) is 30.3 Å². The van der Waals surface area contributed by atoms with Crippen LogP contribution in [-0.2, 0) is 4.74 Å². The molecule has 0 aliphatic carbocycles. The van der Waals surface area contributed by atoms with E-state index in [-0.39, 0.29) is 22.8 Å². The number of carbonyl (C=O) groups is 2. The number of aromatic hydroxyl groups is 1. The van der Waals surface area contributed by atoms with Gasteiger partial charge in [0, 0.05) is 5.56 Å². The molecule has 0 spiro atoms. The van der Waals surface area contributed by atoms with E-state index in [4.69, 9.17) is 14.2 Å². The Morgan fingerprint density at radius 2 is 1.67 bits per heavy atom. The zero-order valence-electron chi connectivity index (χ0n) is 13.6. The molecule has 24 heavy (non-hydrogen) atoms. The van der Waals surface area contributed by atoms with Crippen LogP contribution in [0.1, 0.15) is 27.6 Å². The van der Waals surface area contributed by atoms with E-state index < -0.39 is 12.1 Å². The second kappa shape index (κ2) is 7.50. The summed E-state index contributed by atoms with van der Waals surface area (Å²) >= 11 is 0. The van der Waals surface area contributed by atoms with Gasteiger partial charge in [-0.1, -0.05) is 6.07 Å². The summed E-state index contributed by atoms with van der Waals surface area (Å²) in [6.07, 6.45) is -1.00. The molecule has 2 aromatic rings. The zero-order chi connectivity index (χ0) is 17.7. The SMILES string of the molecule is COc1ccc(C(=O)C(C)OC(=O)c2cccc(OC)c2O)cc1. The van der Waals surface area contributed by atoms with E-state index in [1.165, 1.54) is 33.3 Å². The Hall–Kier alpha value is -3.02. The molecule has 0 saturated carbocycles. The molecule has 0 bridgehead atoms. The van der Waals surface area contributed by atoms with Gasteiger partial charge in [0.05, 0.1) is 14.2 Å². The molecule has 0 saturated heterocycles. The third-order valence-corrected chi connectivity index (χ3v) is 3.47. The molecule has 6 nitrogen and oxygen atoms in total. The third-order valence-electron chi connectivity index (χ3n) is 3.47. The summed E-state index contributed by atoms with van der Waals surface area (Å²) in [5, 5.41) is 9.96. The van der Waals surface area contributed by atoms with Gasteiger partial charge in [-0.05, 0) is 43.3 Å². The minimum Gasteiger partial charge on any atom is -0.504 e. The van der Waals surface area contributed by atoms with Crippen LogP contribution in [0, 0.1) is 0 Å². The molecule has 0 radical (unpaired) electrons. The molecule has 0 aromatic heterocycles. The van der Waals surface area contributed by atoms with Crippen LogP contribution in [-0.4, -0.2) is 37.2 Å². The van der Waals surface area contributed by atoms with Crippen molar-refractivity contribution in [2.24, 2.45) is 0 Å². The van der Waals surface area contributed by atoms with Gasteiger partial charge in [0.25, 0.3) is 0 Å². The average molecular weight is 330 g/mol. The number of ether oxygens (including phenoxy) is 3. The number of benzene rings is 2. The van der Waals surface area contributed by atoms with Gasteiger partial charge < -0.3 is 19.3 Å². The Morgan fingerprint density at radius 1 is 1.00 bits per heavy atom. The molecule has 0 amide bonds. The quantitative estimate of drug-likeness (QED) is 0.648. The summed E-state index contributed by atoms with van der Waals surface area (Å²) in [6, 6.07) is 10.9. The fourth-order valence-corrected chi connectivity index (χ4v) is 2.12. The summed E-state index contributed by atoms with van der Waals surface area (Å²) in [4.78, 5) is 24.5. The number of esters is 1. The fourth-order valence-electron chi connectivity index (χ4n) is 2.12. The van der Waals surface area contributed by atoms with Gasteiger partial charge in [-0.2, -0.15) is 0 Å². The van der Waals surface area contributed by atoms with E-state index in [2.05, 4.69) is 0 Å². The highest BCUT2D eigenvalue weighted by molar-refractivity contribution is 6.02. The maximum Gasteiger partial charge on any atom is 0.342 e. The Labute approximate surface area is 139 Å². The summed E-state index contributed by atoms with van der Waals surface area (Å²) in [5.41, 5.74) is 0.328. The van der Waals surface area contributed by atoms with Gasteiger partial charge in [0.15, 0.2) is 17.6 Å². The fraction of sp³-hybridized carbons (Fsp3) is 0.222. The predicted octanol–water partition coefficient (Wildman–Crippen LogP) is 2.84. The highest BCUT2D eigenvalue weighted by atomic mass is 16.5. The van der Waals surface area contributed by atoms with Crippen LogP contribution in [0.3, 0.4) is 0 Å². The first-order valence-corrected chi connectivity index (χ1v) is 7.23. The predicted molar refractivity (Wildman–Crippen MR) is 86.9 cm³/mol. The van der Waals surface area contributed by atoms with Crippen molar-refractivity contribution in [3.63, 3.8) is 0 Å². The van der Waals surface area contributed by atoms with Crippen LogP contribution in [0.15, 0.2) is 42.5 Å². The maximum absolute atomic E-state index is 12.3. The van der Waals surface area contributed by atoms with E-state index in [0.717, 1.165) is 0 Å². The molecule has 2 rings (SSSR count).